The van der Waals surface area contributed by atoms with Crippen LogP contribution in [0.1, 0.15) is 24.0 Å². The molecule has 0 spiro atoms. The highest BCUT2D eigenvalue weighted by Crippen LogP contribution is 2.19. The van der Waals surface area contributed by atoms with E-state index in [2.05, 4.69) is 15.5 Å². The fraction of sp³-hybridized carbons (Fsp3) is 0.333. The lowest BCUT2D eigenvalue weighted by Gasteiger charge is -1.97. The van der Waals surface area contributed by atoms with Crippen LogP contribution in [0.5, 0.6) is 0 Å². The van der Waals surface area contributed by atoms with Gasteiger partial charge in [0.15, 0.2) is 0 Å². The van der Waals surface area contributed by atoms with Crippen molar-refractivity contribution in [2.75, 3.05) is 5.32 Å². The molecule has 6 heteroatoms. The first-order chi connectivity index (χ1) is 7.25. The van der Waals surface area contributed by atoms with Gasteiger partial charge in [-0.3, -0.25) is 0 Å². The standard InChI is InChI=1S/C9H10ClN3O2/c1-6(10)8-12-13-9(15-8)11-5-7-3-2-4-14-7/h2-4,6H,5H2,1H3,(H,11,13). The van der Waals surface area contributed by atoms with Gasteiger partial charge in [0, 0.05) is 0 Å². The van der Waals surface area contributed by atoms with E-state index < -0.39 is 0 Å². The number of hydrogen-bond donors (Lipinski definition) is 1. The van der Waals surface area contributed by atoms with E-state index in [4.69, 9.17) is 20.4 Å². The Bertz CT molecular complexity index is 411. The topological polar surface area (TPSA) is 64.1 Å². The van der Waals surface area contributed by atoms with Crippen LogP contribution in [0.2, 0.25) is 0 Å². The van der Waals surface area contributed by atoms with E-state index in [1.807, 2.05) is 12.1 Å². The molecule has 0 aliphatic heterocycles. The number of halogens is 1. The minimum Gasteiger partial charge on any atom is -0.467 e. The van der Waals surface area contributed by atoms with E-state index in [0.717, 1.165) is 5.76 Å². The second-order valence-electron chi connectivity index (χ2n) is 2.99. The van der Waals surface area contributed by atoms with Crippen LogP contribution < -0.4 is 5.32 Å². The molecule has 0 saturated heterocycles. The first-order valence-electron chi connectivity index (χ1n) is 4.49. The Morgan fingerprint density at radius 3 is 3.00 bits per heavy atom. The number of nitrogens with zero attached hydrogens (tertiary/aromatic N) is 2. The molecule has 1 atom stereocenters. The molecule has 2 aromatic rings. The lowest BCUT2D eigenvalue weighted by atomic mass is 10.4. The summed E-state index contributed by atoms with van der Waals surface area (Å²) in [7, 11) is 0. The van der Waals surface area contributed by atoms with Crippen LogP contribution in [0.4, 0.5) is 6.01 Å². The third-order valence-corrected chi connectivity index (χ3v) is 1.96. The Labute approximate surface area is 91.4 Å². The lowest BCUT2D eigenvalue weighted by Crippen LogP contribution is -1.97. The predicted octanol–water partition coefficient (Wildman–Crippen LogP) is 2.57. The van der Waals surface area contributed by atoms with Crippen molar-refractivity contribution in [3.05, 3.63) is 30.0 Å². The van der Waals surface area contributed by atoms with Crippen LogP contribution in [0.15, 0.2) is 27.2 Å². The normalized spacial score (nSPS) is 12.7. The minimum atomic E-state index is -0.281. The summed E-state index contributed by atoms with van der Waals surface area (Å²) >= 11 is 5.77. The summed E-state index contributed by atoms with van der Waals surface area (Å²) in [6.45, 7) is 2.27. The number of aromatic nitrogens is 2. The van der Waals surface area contributed by atoms with Crippen LogP contribution in [-0.4, -0.2) is 10.2 Å². The molecular formula is C9H10ClN3O2. The summed E-state index contributed by atoms with van der Waals surface area (Å²) in [5.41, 5.74) is 0. The Kier molecular flexibility index (Phi) is 2.91. The summed E-state index contributed by atoms with van der Waals surface area (Å²) in [5, 5.41) is 10.2. The number of anilines is 1. The average molecular weight is 228 g/mol. The van der Waals surface area contributed by atoms with E-state index >= 15 is 0 Å². The molecule has 0 bridgehead atoms. The van der Waals surface area contributed by atoms with Crippen molar-refractivity contribution in [1.29, 1.82) is 0 Å². The van der Waals surface area contributed by atoms with Crippen LogP contribution >= 0.6 is 11.6 Å². The molecule has 2 aromatic heterocycles. The molecule has 80 valence electrons. The zero-order valence-electron chi connectivity index (χ0n) is 8.11. The van der Waals surface area contributed by atoms with E-state index in [0.29, 0.717) is 18.5 Å². The first kappa shape index (κ1) is 10.0. The van der Waals surface area contributed by atoms with Gasteiger partial charge in [-0.25, -0.2) is 0 Å². The Morgan fingerprint density at radius 2 is 2.40 bits per heavy atom. The van der Waals surface area contributed by atoms with Gasteiger partial charge in [0.2, 0.25) is 5.89 Å². The molecular weight excluding hydrogens is 218 g/mol. The van der Waals surface area contributed by atoms with E-state index in [9.17, 15) is 0 Å². The molecule has 0 aliphatic rings. The van der Waals surface area contributed by atoms with E-state index in [-0.39, 0.29) is 5.38 Å². The van der Waals surface area contributed by atoms with Crippen molar-refractivity contribution >= 4 is 17.6 Å². The van der Waals surface area contributed by atoms with E-state index in [1.54, 1.807) is 13.2 Å². The summed E-state index contributed by atoms with van der Waals surface area (Å²) < 4.78 is 10.4. The maximum absolute atomic E-state index is 5.77. The molecule has 15 heavy (non-hydrogen) atoms. The fourth-order valence-corrected chi connectivity index (χ4v) is 1.13. The SMILES string of the molecule is CC(Cl)c1nnc(NCc2ccco2)o1. The maximum Gasteiger partial charge on any atom is 0.315 e. The number of nitrogens with one attached hydrogen (secondary N) is 1. The summed E-state index contributed by atoms with van der Waals surface area (Å²) in [4.78, 5) is 0. The third kappa shape index (κ3) is 2.50. The molecule has 0 aromatic carbocycles. The zero-order valence-corrected chi connectivity index (χ0v) is 8.86. The number of rotatable bonds is 4. The fourth-order valence-electron chi connectivity index (χ4n) is 1.04. The minimum absolute atomic E-state index is 0.281. The lowest BCUT2D eigenvalue weighted by molar-refractivity contribution is 0.492. The van der Waals surface area contributed by atoms with Crippen molar-refractivity contribution in [2.24, 2.45) is 0 Å². The summed E-state index contributed by atoms with van der Waals surface area (Å²) in [6, 6.07) is 4.01. The van der Waals surface area contributed by atoms with Crippen molar-refractivity contribution in [2.45, 2.75) is 18.8 Å². The maximum atomic E-state index is 5.77. The predicted molar refractivity (Wildman–Crippen MR) is 54.6 cm³/mol. The van der Waals surface area contributed by atoms with E-state index in [1.165, 1.54) is 0 Å². The highest BCUT2D eigenvalue weighted by molar-refractivity contribution is 6.20. The van der Waals surface area contributed by atoms with Crippen LogP contribution in [-0.2, 0) is 6.54 Å². The Balaban J connectivity index is 1.94. The van der Waals surface area contributed by atoms with Crippen molar-refractivity contribution in [1.82, 2.24) is 10.2 Å². The smallest absolute Gasteiger partial charge is 0.315 e. The molecule has 0 saturated carbocycles. The Hall–Kier alpha value is -1.49. The summed E-state index contributed by atoms with van der Waals surface area (Å²) in [5.74, 6) is 1.20. The van der Waals surface area contributed by atoms with Crippen molar-refractivity contribution in [3.8, 4) is 0 Å². The monoisotopic (exact) mass is 227 g/mol. The van der Waals surface area contributed by atoms with Crippen molar-refractivity contribution < 1.29 is 8.83 Å². The third-order valence-electron chi connectivity index (χ3n) is 1.77. The highest BCUT2D eigenvalue weighted by atomic mass is 35.5. The molecule has 0 radical (unpaired) electrons. The number of hydrogen-bond acceptors (Lipinski definition) is 5. The largest absolute Gasteiger partial charge is 0.467 e. The van der Waals surface area contributed by atoms with Crippen LogP contribution in [0.3, 0.4) is 0 Å². The number of alkyl halides is 1. The van der Waals surface area contributed by atoms with Gasteiger partial charge in [-0.15, -0.1) is 16.7 Å². The van der Waals surface area contributed by atoms with Gasteiger partial charge in [-0.1, -0.05) is 5.10 Å². The average Bonchev–Trinajstić information content (AvgIpc) is 2.86. The van der Waals surface area contributed by atoms with Gasteiger partial charge in [-0.2, -0.15) is 0 Å². The molecule has 0 amide bonds. The molecule has 5 nitrogen and oxygen atoms in total. The molecule has 0 fully saturated rings. The summed E-state index contributed by atoms with van der Waals surface area (Å²) in [6.07, 6.45) is 1.61. The quantitative estimate of drug-likeness (QED) is 0.814. The van der Waals surface area contributed by atoms with Gasteiger partial charge in [-0.05, 0) is 19.1 Å². The Morgan fingerprint density at radius 1 is 1.53 bits per heavy atom. The van der Waals surface area contributed by atoms with Gasteiger partial charge >= 0.3 is 6.01 Å². The van der Waals surface area contributed by atoms with Gasteiger partial charge in [0.05, 0.1) is 12.8 Å². The molecule has 1 unspecified atom stereocenters. The zero-order chi connectivity index (χ0) is 10.7. The second kappa shape index (κ2) is 4.35. The first-order valence-corrected chi connectivity index (χ1v) is 4.93. The van der Waals surface area contributed by atoms with Gasteiger partial charge < -0.3 is 14.2 Å². The molecule has 2 rings (SSSR count). The molecule has 1 N–H and O–H groups in total. The van der Waals surface area contributed by atoms with Crippen LogP contribution in [0, 0.1) is 0 Å². The number of furan rings is 1. The van der Waals surface area contributed by atoms with Gasteiger partial charge in [0.1, 0.15) is 11.1 Å². The second-order valence-corrected chi connectivity index (χ2v) is 3.65. The van der Waals surface area contributed by atoms with Gasteiger partial charge in [0.25, 0.3) is 0 Å². The van der Waals surface area contributed by atoms with Crippen LogP contribution in [0.25, 0.3) is 0 Å². The highest BCUT2D eigenvalue weighted by Gasteiger charge is 2.10. The molecule has 2 heterocycles. The van der Waals surface area contributed by atoms with Crippen molar-refractivity contribution in [3.63, 3.8) is 0 Å². The molecule has 0 aliphatic carbocycles.